The highest BCUT2D eigenvalue weighted by Crippen LogP contribution is 2.23. The monoisotopic (exact) mass is 419 g/mol. The summed E-state index contributed by atoms with van der Waals surface area (Å²) in [6, 6.07) is 8.69. The van der Waals surface area contributed by atoms with Crippen LogP contribution in [0.4, 0.5) is 5.69 Å². The zero-order valence-corrected chi connectivity index (χ0v) is 16.8. The normalized spacial score (nSPS) is 11.0. The van der Waals surface area contributed by atoms with Crippen molar-refractivity contribution in [2.24, 2.45) is 0 Å². The first-order valence-electron chi connectivity index (χ1n) is 8.09. The van der Waals surface area contributed by atoms with Crippen molar-refractivity contribution in [1.29, 1.82) is 0 Å². The Kier molecular flexibility index (Phi) is 6.37. The van der Waals surface area contributed by atoms with E-state index in [0.29, 0.717) is 11.4 Å². The summed E-state index contributed by atoms with van der Waals surface area (Å²) in [6.07, 6.45) is 1.64. The zero-order valence-electron chi connectivity index (χ0n) is 15.2. The summed E-state index contributed by atoms with van der Waals surface area (Å²) in [4.78, 5) is 28.6. The molecule has 0 aliphatic rings. The lowest BCUT2D eigenvalue weighted by Gasteiger charge is -2.20. The first-order valence-corrected chi connectivity index (χ1v) is 8.88. The number of ether oxygens (including phenoxy) is 1. The first-order chi connectivity index (χ1) is 12.2. The Bertz CT molecular complexity index is 816. The number of aromatic nitrogens is 1. The van der Waals surface area contributed by atoms with Gasteiger partial charge >= 0.3 is 0 Å². The van der Waals surface area contributed by atoms with Crippen molar-refractivity contribution < 1.29 is 14.3 Å². The van der Waals surface area contributed by atoms with E-state index >= 15 is 0 Å². The van der Waals surface area contributed by atoms with Crippen LogP contribution in [0.3, 0.4) is 0 Å². The van der Waals surface area contributed by atoms with Gasteiger partial charge in [0.25, 0.3) is 5.91 Å². The van der Waals surface area contributed by atoms with Crippen molar-refractivity contribution in [3.8, 4) is 5.75 Å². The van der Waals surface area contributed by atoms with Crippen molar-refractivity contribution in [2.45, 2.75) is 32.7 Å². The molecule has 1 aromatic carbocycles. The molecule has 0 saturated carbocycles. The average molecular weight is 420 g/mol. The van der Waals surface area contributed by atoms with Crippen LogP contribution in [0.1, 0.15) is 36.8 Å². The highest BCUT2D eigenvalue weighted by atomic mass is 79.9. The number of carbonyl (C=O) groups is 2. The van der Waals surface area contributed by atoms with Crippen LogP contribution in [0.25, 0.3) is 0 Å². The van der Waals surface area contributed by atoms with Crippen molar-refractivity contribution in [3.05, 3.63) is 52.3 Å². The maximum absolute atomic E-state index is 12.4. The molecule has 0 spiro atoms. The maximum atomic E-state index is 12.4. The molecule has 1 heterocycles. The Morgan fingerprint density at radius 1 is 1.19 bits per heavy atom. The molecule has 0 aliphatic carbocycles. The van der Waals surface area contributed by atoms with E-state index in [1.807, 2.05) is 32.9 Å². The number of halogens is 1. The Labute approximate surface area is 161 Å². The number of anilines is 1. The van der Waals surface area contributed by atoms with Crippen molar-refractivity contribution in [1.82, 2.24) is 10.3 Å². The van der Waals surface area contributed by atoms with E-state index < -0.39 is 0 Å². The maximum Gasteiger partial charge on any atom is 0.270 e. The van der Waals surface area contributed by atoms with Gasteiger partial charge in [0.2, 0.25) is 5.91 Å². The number of nitrogens with zero attached hydrogens (tertiary/aromatic N) is 1. The van der Waals surface area contributed by atoms with Crippen LogP contribution in [0.2, 0.25) is 0 Å². The molecule has 0 saturated heterocycles. The van der Waals surface area contributed by atoms with Gasteiger partial charge in [-0.05, 0) is 51.1 Å². The molecule has 138 valence electrons. The van der Waals surface area contributed by atoms with Gasteiger partial charge in [0.15, 0.2) is 0 Å². The number of hydrogen-bond donors (Lipinski definition) is 2. The number of rotatable bonds is 5. The lowest BCUT2D eigenvalue weighted by Crippen LogP contribution is -2.40. The van der Waals surface area contributed by atoms with E-state index in [2.05, 4.69) is 31.5 Å². The molecule has 0 atom stereocenters. The van der Waals surface area contributed by atoms with E-state index in [9.17, 15) is 9.59 Å². The van der Waals surface area contributed by atoms with E-state index in [1.165, 1.54) is 6.20 Å². The highest BCUT2D eigenvalue weighted by Gasteiger charge is 2.17. The molecule has 6 nitrogen and oxygen atoms in total. The Morgan fingerprint density at radius 2 is 1.92 bits per heavy atom. The molecule has 2 N–H and O–H groups in total. The standard InChI is InChI=1S/C19H22BrN3O3/c1-19(2,3)23-18(25)15-11-14(7-8-21-15)22-17(24)10-12-9-13(20)5-6-16(12)26-4/h5-9,11H,10H2,1-4H3,(H,23,25)(H,21,22,24). The predicted molar refractivity (Wildman–Crippen MR) is 104 cm³/mol. The van der Waals surface area contributed by atoms with Gasteiger partial charge in [-0.15, -0.1) is 0 Å². The van der Waals surface area contributed by atoms with Gasteiger partial charge in [0.1, 0.15) is 11.4 Å². The summed E-state index contributed by atoms with van der Waals surface area (Å²) in [6.45, 7) is 5.67. The second-order valence-electron chi connectivity index (χ2n) is 6.82. The average Bonchev–Trinajstić information content (AvgIpc) is 2.53. The fourth-order valence-electron chi connectivity index (χ4n) is 2.30. The number of nitrogens with one attached hydrogen (secondary N) is 2. The number of methoxy groups -OCH3 is 1. The second-order valence-corrected chi connectivity index (χ2v) is 7.73. The number of amides is 2. The van der Waals surface area contributed by atoms with Crippen LogP contribution >= 0.6 is 15.9 Å². The van der Waals surface area contributed by atoms with Crippen LogP contribution in [0.15, 0.2) is 41.0 Å². The van der Waals surface area contributed by atoms with Crippen LogP contribution < -0.4 is 15.4 Å². The Balaban J connectivity index is 2.09. The molecule has 7 heteroatoms. The number of benzene rings is 1. The third-order valence-electron chi connectivity index (χ3n) is 3.36. The van der Waals surface area contributed by atoms with Crippen molar-refractivity contribution in [3.63, 3.8) is 0 Å². The summed E-state index contributed by atoms with van der Waals surface area (Å²) in [5.74, 6) is 0.139. The SMILES string of the molecule is COc1ccc(Br)cc1CC(=O)Nc1ccnc(C(=O)NC(C)(C)C)c1. The molecule has 0 unspecified atom stereocenters. The molecule has 2 rings (SSSR count). The van der Waals surface area contributed by atoms with Gasteiger partial charge in [0, 0.05) is 27.5 Å². The molecule has 0 fully saturated rings. The van der Waals surface area contributed by atoms with E-state index in [-0.39, 0.29) is 29.5 Å². The number of pyridine rings is 1. The molecular formula is C19H22BrN3O3. The summed E-state index contributed by atoms with van der Waals surface area (Å²) < 4.78 is 6.15. The third-order valence-corrected chi connectivity index (χ3v) is 3.85. The largest absolute Gasteiger partial charge is 0.496 e. The summed E-state index contributed by atoms with van der Waals surface area (Å²) >= 11 is 3.39. The van der Waals surface area contributed by atoms with E-state index in [0.717, 1.165) is 10.0 Å². The quantitative estimate of drug-likeness (QED) is 0.775. The van der Waals surface area contributed by atoms with Crippen LogP contribution in [-0.2, 0) is 11.2 Å². The summed E-state index contributed by atoms with van der Waals surface area (Å²) in [5, 5.41) is 5.63. The Hall–Kier alpha value is -2.41. The van der Waals surface area contributed by atoms with E-state index in [4.69, 9.17) is 4.74 Å². The minimum atomic E-state index is -0.366. The van der Waals surface area contributed by atoms with Gasteiger partial charge in [-0.25, -0.2) is 0 Å². The zero-order chi connectivity index (χ0) is 19.3. The lowest BCUT2D eigenvalue weighted by molar-refractivity contribution is -0.115. The predicted octanol–water partition coefficient (Wildman–Crippen LogP) is 3.56. The van der Waals surface area contributed by atoms with Crippen LogP contribution in [-0.4, -0.2) is 29.4 Å². The van der Waals surface area contributed by atoms with Crippen molar-refractivity contribution >= 4 is 33.4 Å². The molecule has 0 bridgehead atoms. The molecule has 1 aromatic heterocycles. The molecule has 0 aliphatic heterocycles. The van der Waals surface area contributed by atoms with Gasteiger partial charge in [-0.2, -0.15) is 0 Å². The Morgan fingerprint density at radius 3 is 2.58 bits per heavy atom. The smallest absolute Gasteiger partial charge is 0.270 e. The first kappa shape index (κ1) is 19.9. The lowest BCUT2D eigenvalue weighted by atomic mass is 10.1. The molecule has 2 amide bonds. The van der Waals surface area contributed by atoms with Crippen LogP contribution in [0.5, 0.6) is 5.75 Å². The minimum Gasteiger partial charge on any atom is -0.496 e. The summed E-state index contributed by atoms with van der Waals surface area (Å²) in [5.41, 5.74) is 1.16. The van der Waals surface area contributed by atoms with Gasteiger partial charge in [0.05, 0.1) is 13.5 Å². The van der Waals surface area contributed by atoms with E-state index in [1.54, 1.807) is 25.3 Å². The fraction of sp³-hybridized carbons (Fsp3) is 0.316. The molecule has 26 heavy (non-hydrogen) atoms. The minimum absolute atomic E-state index is 0.147. The van der Waals surface area contributed by atoms with Gasteiger partial charge in [-0.1, -0.05) is 15.9 Å². The molecule has 0 radical (unpaired) electrons. The fourth-order valence-corrected chi connectivity index (χ4v) is 2.71. The number of carbonyl (C=O) groups excluding carboxylic acids is 2. The van der Waals surface area contributed by atoms with Gasteiger partial charge < -0.3 is 15.4 Å². The van der Waals surface area contributed by atoms with Gasteiger partial charge in [-0.3, -0.25) is 14.6 Å². The number of hydrogen-bond acceptors (Lipinski definition) is 4. The van der Waals surface area contributed by atoms with Crippen molar-refractivity contribution in [2.75, 3.05) is 12.4 Å². The second kappa shape index (κ2) is 8.31. The molecule has 2 aromatic rings. The topological polar surface area (TPSA) is 80.3 Å². The highest BCUT2D eigenvalue weighted by molar-refractivity contribution is 9.10. The molecular weight excluding hydrogens is 398 g/mol. The third kappa shape index (κ3) is 5.84. The van der Waals surface area contributed by atoms with Crippen LogP contribution in [0, 0.1) is 0 Å². The summed E-state index contributed by atoms with van der Waals surface area (Å²) in [7, 11) is 1.56.